The van der Waals surface area contributed by atoms with Gasteiger partial charge in [0, 0.05) is 5.56 Å². The zero-order valence-corrected chi connectivity index (χ0v) is 14.6. The lowest BCUT2D eigenvalue weighted by Gasteiger charge is -2.21. The maximum absolute atomic E-state index is 13.2. The number of fused-ring (bicyclic) bond motifs is 1. The van der Waals surface area contributed by atoms with Crippen molar-refractivity contribution in [1.82, 2.24) is 0 Å². The van der Waals surface area contributed by atoms with Crippen LogP contribution in [0, 0.1) is 0 Å². The highest BCUT2D eigenvalue weighted by Crippen LogP contribution is 2.39. The summed E-state index contributed by atoms with van der Waals surface area (Å²) < 4.78 is 45.4. The van der Waals surface area contributed by atoms with Gasteiger partial charge in [-0.25, -0.2) is 0 Å². The van der Waals surface area contributed by atoms with Crippen LogP contribution in [0.3, 0.4) is 0 Å². The third-order valence-electron chi connectivity index (χ3n) is 4.35. The Bertz CT molecular complexity index is 670. The highest BCUT2D eigenvalue weighted by molar-refractivity contribution is 5.88. The first-order chi connectivity index (χ1) is 11.9. The zero-order chi connectivity index (χ0) is 18.3. The van der Waals surface area contributed by atoms with Crippen LogP contribution in [0.5, 0.6) is 5.75 Å². The van der Waals surface area contributed by atoms with Crippen molar-refractivity contribution in [2.24, 2.45) is 5.73 Å². The fourth-order valence-electron chi connectivity index (χ4n) is 2.95. The van der Waals surface area contributed by atoms with E-state index in [-0.39, 0.29) is 11.3 Å². The number of unbranched alkanes of at least 4 members (excludes halogenated alkanes) is 5. The molecule has 0 radical (unpaired) electrons. The van der Waals surface area contributed by atoms with Gasteiger partial charge in [-0.3, -0.25) is 0 Å². The Morgan fingerprint density at radius 2 is 1.64 bits per heavy atom. The van der Waals surface area contributed by atoms with E-state index in [0.717, 1.165) is 24.6 Å². The lowest BCUT2D eigenvalue weighted by atomic mass is 9.97. The van der Waals surface area contributed by atoms with Crippen LogP contribution in [0.4, 0.5) is 13.2 Å². The van der Waals surface area contributed by atoms with Crippen molar-refractivity contribution in [1.29, 1.82) is 0 Å². The molecule has 0 spiro atoms. The number of halogens is 3. The fraction of sp³-hybridized carbons (Fsp3) is 0.500. The van der Waals surface area contributed by atoms with Crippen LogP contribution in [0.2, 0.25) is 0 Å². The normalized spacial score (nSPS) is 13.2. The van der Waals surface area contributed by atoms with E-state index in [1.807, 2.05) is 0 Å². The Kier molecular flexibility index (Phi) is 7.12. The molecule has 2 aromatic carbocycles. The molecule has 0 heterocycles. The number of alkyl halides is 3. The van der Waals surface area contributed by atoms with Gasteiger partial charge < -0.3 is 10.5 Å². The lowest BCUT2D eigenvalue weighted by molar-refractivity contribution is -0.149. The second kappa shape index (κ2) is 9.09. The van der Waals surface area contributed by atoms with Gasteiger partial charge in [-0.1, -0.05) is 69.4 Å². The molecule has 2 nitrogen and oxygen atoms in total. The maximum Gasteiger partial charge on any atom is 0.407 e. The molecule has 0 saturated carbocycles. The first-order valence-corrected chi connectivity index (χ1v) is 8.92. The van der Waals surface area contributed by atoms with E-state index in [2.05, 4.69) is 6.92 Å². The highest BCUT2D eigenvalue weighted by Gasteiger charge is 2.40. The fourth-order valence-corrected chi connectivity index (χ4v) is 2.95. The van der Waals surface area contributed by atoms with Gasteiger partial charge in [0.15, 0.2) is 0 Å². The third-order valence-corrected chi connectivity index (χ3v) is 4.35. The van der Waals surface area contributed by atoms with Gasteiger partial charge in [0.1, 0.15) is 11.8 Å². The number of ether oxygens (including phenoxy) is 1. The Balaban J connectivity index is 2.13. The summed E-state index contributed by atoms with van der Waals surface area (Å²) >= 11 is 0. The summed E-state index contributed by atoms with van der Waals surface area (Å²) in [7, 11) is 0. The SMILES string of the molecule is CCCCCCCCOc1ccc2ccccc2c1[C@H](N)C(F)(F)F. The molecule has 2 N–H and O–H groups in total. The van der Waals surface area contributed by atoms with Crippen LogP contribution < -0.4 is 10.5 Å². The Labute approximate surface area is 147 Å². The Morgan fingerprint density at radius 1 is 0.960 bits per heavy atom. The van der Waals surface area contributed by atoms with E-state index in [1.165, 1.54) is 19.3 Å². The van der Waals surface area contributed by atoms with E-state index in [4.69, 9.17) is 10.5 Å². The molecular formula is C20H26F3NO. The van der Waals surface area contributed by atoms with E-state index in [9.17, 15) is 13.2 Å². The number of rotatable bonds is 9. The summed E-state index contributed by atoms with van der Waals surface area (Å²) in [6, 6.07) is 8.26. The van der Waals surface area contributed by atoms with Gasteiger partial charge in [0.25, 0.3) is 0 Å². The van der Waals surface area contributed by atoms with Crippen molar-refractivity contribution in [2.45, 2.75) is 57.7 Å². The minimum absolute atomic E-state index is 0.0246. The van der Waals surface area contributed by atoms with Crippen molar-refractivity contribution in [2.75, 3.05) is 6.61 Å². The van der Waals surface area contributed by atoms with E-state index < -0.39 is 12.2 Å². The lowest BCUT2D eigenvalue weighted by Crippen LogP contribution is -2.29. The molecule has 1 atom stereocenters. The first-order valence-electron chi connectivity index (χ1n) is 8.92. The number of hydrogen-bond acceptors (Lipinski definition) is 2. The Morgan fingerprint density at radius 3 is 2.36 bits per heavy atom. The molecule has 25 heavy (non-hydrogen) atoms. The van der Waals surface area contributed by atoms with Gasteiger partial charge in [-0.05, 0) is 23.3 Å². The number of nitrogens with two attached hydrogens (primary N) is 1. The molecule has 0 saturated heterocycles. The summed E-state index contributed by atoms with van der Waals surface area (Å²) in [5.41, 5.74) is 5.54. The van der Waals surface area contributed by atoms with Gasteiger partial charge in [0.2, 0.25) is 0 Å². The maximum atomic E-state index is 13.2. The van der Waals surface area contributed by atoms with Crippen molar-refractivity contribution in [3.8, 4) is 5.75 Å². The van der Waals surface area contributed by atoms with Crippen LogP contribution in [0.25, 0.3) is 10.8 Å². The summed E-state index contributed by atoms with van der Waals surface area (Å²) in [6.07, 6.45) is 2.07. The predicted molar refractivity (Wildman–Crippen MR) is 95.8 cm³/mol. The zero-order valence-electron chi connectivity index (χ0n) is 14.6. The molecule has 0 aliphatic rings. The minimum Gasteiger partial charge on any atom is -0.493 e. The quantitative estimate of drug-likeness (QED) is 0.549. The van der Waals surface area contributed by atoms with Gasteiger partial charge in [-0.2, -0.15) is 13.2 Å². The largest absolute Gasteiger partial charge is 0.493 e. The van der Waals surface area contributed by atoms with Crippen LogP contribution in [-0.4, -0.2) is 12.8 Å². The van der Waals surface area contributed by atoms with E-state index in [0.29, 0.717) is 12.0 Å². The second-order valence-corrected chi connectivity index (χ2v) is 6.33. The smallest absolute Gasteiger partial charge is 0.407 e. The van der Waals surface area contributed by atoms with Crippen LogP contribution >= 0.6 is 0 Å². The Hall–Kier alpha value is -1.75. The average Bonchev–Trinajstić information content (AvgIpc) is 2.59. The van der Waals surface area contributed by atoms with Crippen molar-refractivity contribution < 1.29 is 17.9 Å². The monoisotopic (exact) mass is 353 g/mol. The van der Waals surface area contributed by atoms with Crippen molar-refractivity contribution in [3.63, 3.8) is 0 Å². The van der Waals surface area contributed by atoms with Crippen molar-refractivity contribution in [3.05, 3.63) is 42.0 Å². The predicted octanol–water partition coefficient (Wildman–Crippen LogP) is 6.14. The molecule has 2 rings (SSSR count). The van der Waals surface area contributed by atoms with Gasteiger partial charge >= 0.3 is 6.18 Å². The molecular weight excluding hydrogens is 327 g/mol. The van der Waals surface area contributed by atoms with E-state index in [1.54, 1.807) is 36.4 Å². The summed E-state index contributed by atoms with van der Waals surface area (Å²) in [5.74, 6) is 0.233. The number of benzene rings is 2. The molecule has 0 bridgehead atoms. The standard InChI is InChI=1S/C20H26F3NO/c1-2-3-4-5-6-9-14-25-17-13-12-15-10-7-8-11-16(15)18(17)19(24)20(21,22)23/h7-8,10-13,19H,2-6,9,14,24H2,1H3/t19-/m0/s1. The van der Waals surface area contributed by atoms with Gasteiger partial charge in [0.05, 0.1) is 6.61 Å². The molecule has 2 aromatic rings. The molecule has 0 aliphatic heterocycles. The topological polar surface area (TPSA) is 35.2 Å². The summed E-state index contributed by atoms with van der Waals surface area (Å²) in [6.45, 7) is 2.57. The highest BCUT2D eigenvalue weighted by atomic mass is 19.4. The molecule has 0 aliphatic carbocycles. The van der Waals surface area contributed by atoms with Crippen LogP contribution in [0.1, 0.15) is 57.1 Å². The summed E-state index contributed by atoms with van der Waals surface area (Å²) in [5, 5.41) is 1.22. The molecule has 0 amide bonds. The van der Waals surface area contributed by atoms with Gasteiger partial charge in [-0.15, -0.1) is 0 Å². The molecule has 5 heteroatoms. The molecule has 138 valence electrons. The average molecular weight is 353 g/mol. The first kappa shape index (κ1) is 19.6. The molecule has 0 aromatic heterocycles. The third kappa shape index (κ3) is 5.36. The molecule has 0 fully saturated rings. The van der Waals surface area contributed by atoms with Crippen LogP contribution in [0.15, 0.2) is 36.4 Å². The minimum atomic E-state index is -4.51. The second-order valence-electron chi connectivity index (χ2n) is 6.33. The van der Waals surface area contributed by atoms with E-state index >= 15 is 0 Å². The van der Waals surface area contributed by atoms with Crippen molar-refractivity contribution >= 4 is 10.8 Å². The number of hydrogen-bond donors (Lipinski definition) is 1. The van der Waals surface area contributed by atoms with Crippen LogP contribution in [-0.2, 0) is 0 Å². The molecule has 0 unspecified atom stereocenters. The summed E-state index contributed by atoms with van der Waals surface area (Å²) in [4.78, 5) is 0.